The molecule has 0 fully saturated rings. The lowest BCUT2D eigenvalue weighted by Crippen LogP contribution is -2.17. The Morgan fingerprint density at radius 1 is 1.29 bits per heavy atom. The second-order valence-corrected chi connectivity index (χ2v) is 4.80. The van der Waals surface area contributed by atoms with Crippen LogP contribution >= 0.6 is 0 Å². The van der Waals surface area contributed by atoms with Gasteiger partial charge in [-0.05, 0) is 13.5 Å². The zero-order valence-corrected chi connectivity index (χ0v) is 9.37. The molecular weight excluding hydrogens is 192 g/mol. The van der Waals surface area contributed by atoms with E-state index in [1.54, 1.807) is 0 Å². The molecule has 1 N–H and O–H groups in total. The van der Waals surface area contributed by atoms with Gasteiger partial charge in [-0.25, -0.2) is 0 Å². The lowest BCUT2D eigenvalue weighted by atomic mass is 9.87. The molecule has 76 valence electrons. The summed E-state index contributed by atoms with van der Waals surface area (Å²) in [6.45, 7) is 9.77. The molecular formula is C12H17OS+. The van der Waals surface area contributed by atoms with Crippen LogP contribution in [0.1, 0.15) is 6.92 Å². The Kier molecular flexibility index (Phi) is 4.08. The maximum absolute atomic E-state index is 9.44. The SMILES string of the molecule is C=C(O)C1C=CC=CC1C(=C)[SH+]CC. The summed E-state index contributed by atoms with van der Waals surface area (Å²) in [5.41, 5.74) is 0. The lowest BCUT2D eigenvalue weighted by Gasteiger charge is -2.21. The van der Waals surface area contributed by atoms with Crippen LogP contribution in [-0.4, -0.2) is 10.9 Å². The Balaban J connectivity index is 2.75. The highest BCUT2D eigenvalue weighted by Gasteiger charge is 2.27. The summed E-state index contributed by atoms with van der Waals surface area (Å²) >= 11 is 1.25. The van der Waals surface area contributed by atoms with Crippen LogP contribution in [0.5, 0.6) is 0 Å². The van der Waals surface area contributed by atoms with Crippen LogP contribution in [0.4, 0.5) is 0 Å². The highest BCUT2D eigenvalue weighted by molar-refractivity contribution is 7.82. The largest absolute Gasteiger partial charge is 0.512 e. The monoisotopic (exact) mass is 209 g/mol. The first-order chi connectivity index (χ1) is 6.66. The Bertz CT molecular complexity index is 289. The highest BCUT2D eigenvalue weighted by atomic mass is 32.2. The molecule has 2 heteroatoms. The van der Waals surface area contributed by atoms with Crippen molar-refractivity contribution in [3.05, 3.63) is 48.1 Å². The molecule has 0 aliphatic heterocycles. The molecule has 1 aliphatic rings. The van der Waals surface area contributed by atoms with Crippen LogP contribution in [0, 0.1) is 11.8 Å². The standard InChI is InChI=1S/C12H16OS/c1-4-14-10(3)12-8-6-5-7-11(12)9(2)13/h5-8,11-13H,2-4H2,1H3/p+1. The molecule has 2 atom stereocenters. The fraction of sp³-hybridized carbons (Fsp3) is 0.333. The van der Waals surface area contributed by atoms with Crippen molar-refractivity contribution < 1.29 is 5.11 Å². The summed E-state index contributed by atoms with van der Waals surface area (Å²) < 4.78 is 0. The number of aliphatic hydroxyl groups excluding tert-OH is 1. The summed E-state index contributed by atoms with van der Waals surface area (Å²) in [4.78, 5) is 1.15. The van der Waals surface area contributed by atoms with Gasteiger partial charge in [-0.1, -0.05) is 30.9 Å². The quantitative estimate of drug-likeness (QED) is 0.429. The first-order valence-corrected chi connectivity index (χ1v) is 5.83. The van der Waals surface area contributed by atoms with Crippen molar-refractivity contribution in [3.8, 4) is 0 Å². The zero-order valence-electron chi connectivity index (χ0n) is 8.48. The minimum absolute atomic E-state index is 0.00606. The second kappa shape index (κ2) is 5.11. The molecule has 1 nitrogen and oxygen atoms in total. The molecule has 0 saturated heterocycles. The maximum Gasteiger partial charge on any atom is 0.130 e. The summed E-state index contributed by atoms with van der Waals surface area (Å²) in [6.07, 6.45) is 8.00. The van der Waals surface area contributed by atoms with Crippen LogP contribution in [0.25, 0.3) is 0 Å². The minimum atomic E-state index is 0.00606. The third-order valence-electron chi connectivity index (χ3n) is 2.27. The van der Waals surface area contributed by atoms with Crippen molar-refractivity contribution in [2.45, 2.75) is 6.92 Å². The number of thiol groups is 1. The Morgan fingerprint density at radius 2 is 1.86 bits per heavy atom. The van der Waals surface area contributed by atoms with Gasteiger partial charge in [0, 0.05) is 17.7 Å². The lowest BCUT2D eigenvalue weighted by molar-refractivity contribution is 0.339. The van der Waals surface area contributed by atoms with E-state index in [1.807, 2.05) is 18.2 Å². The average Bonchev–Trinajstić information content (AvgIpc) is 2.18. The molecule has 0 radical (unpaired) electrons. The number of aliphatic hydroxyl groups is 1. The van der Waals surface area contributed by atoms with E-state index in [1.165, 1.54) is 11.8 Å². The molecule has 1 rings (SSSR count). The van der Waals surface area contributed by atoms with Crippen molar-refractivity contribution in [1.29, 1.82) is 0 Å². The molecule has 0 aromatic rings. The molecule has 0 heterocycles. The van der Waals surface area contributed by atoms with Gasteiger partial charge in [-0.3, -0.25) is 0 Å². The van der Waals surface area contributed by atoms with Gasteiger partial charge in [0.1, 0.15) is 10.7 Å². The van der Waals surface area contributed by atoms with Gasteiger partial charge in [0.25, 0.3) is 0 Å². The number of hydrogen-bond acceptors (Lipinski definition) is 1. The van der Waals surface area contributed by atoms with E-state index in [4.69, 9.17) is 0 Å². The molecule has 0 bridgehead atoms. The first-order valence-electron chi connectivity index (χ1n) is 4.76. The van der Waals surface area contributed by atoms with Crippen LogP contribution in [0.3, 0.4) is 0 Å². The predicted octanol–water partition coefficient (Wildman–Crippen LogP) is 2.77. The van der Waals surface area contributed by atoms with Gasteiger partial charge < -0.3 is 5.11 Å². The van der Waals surface area contributed by atoms with E-state index >= 15 is 0 Å². The summed E-state index contributed by atoms with van der Waals surface area (Å²) in [5.74, 6) is 1.51. The Morgan fingerprint density at radius 3 is 2.36 bits per heavy atom. The Labute approximate surface area is 89.9 Å². The molecule has 2 unspecified atom stereocenters. The van der Waals surface area contributed by atoms with E-state index in [0.717, 1.165) is 10.7 Å². The van der Waals surface area contributed by atoms with E-state index in [9.17, 15) is 5.11 Å². The normalized spacial score (nSPS) is 24.9. The van der Waals surface area contributed by atoms with Gasteiger partial charge in [-0.15, -0.1) is 0 Å². The van der Waals surface area contributed by atoms with Gasteiger partial charge in [-0.2, -0.15) is 0 Å². The molecule has 0 saturated carbocycles. The highest BCUT2D eigenvalue weighted by Crippen LogP contribution is 2.30. The maximum atomic E-state index is 9.44. The molecule has 0 spiro atoms. The molecule has 14 heavy (non-hydrogen) atoms. The zero-order chi connectivity index (χ0) is 10.6. The van der Waals surface area contributed by atoms with Gasteiger partial charge in [0.2, 0.25) is 0 Å². The van der Waals surface area contributed by atoms with E-state index < -0.39 is 0 Å². The van der Waals surface area contributed by atoms with E-state index in [-0.39, 0.29) is 17.6 Å². The predicted molar refractivity (Wildman–Crippen MR) is 65.5 cm³/mol. The number of allylic oxidation sites excluding steroid dienone is 5. The summed E-state index contributed by atoms with van der Waals surface area (Å²) in [7, 11) is 0. The number of hydrogen-bond donors (Lipinski definition) is 1. The minimum Gasteiger partial charge on any atom is -0.512 e. The second-order valence-electron chi connectivity index (χ2n) is 3.28. The fourth-order valence-corrected chi connectivity index (χ4v) is 2.42. The van der Waals surface area contributed by atoms with Crippen LogP contribution in [0.2, 0.25) is 0 Å². The van der Waals surface area contributed by atoms with Crippen molar-refractivity contribution in [2.75, 3.05) is 5.75 Å². The molecule has 0 aromatic carbocycles. The van der Waals surface area contributed by atoms with Gasteiger partial charge in [0.05, 0.1) is 11.7 Å². The van der Waals surface area contributed by atoms with Crippen molar-refractivity contribution in [1.82, 2.24) is 0 Å². The van der Waals surface area contributed by atoms with Crippen molar-refractivity contribution in [3.63, 3.8) is 0 Å². The van der Waals surface area contributed by atoms with E-state index in [2.05, 4.69) is 26.2 Å². The molecule has 0 amide bonds. The summed E-state index contributed by atoms with van der Waals surface area (Å²) in [5, 5.41) is 9.44. The van der Waals surface area contributed by atoms with Crippen LogP contribution < -0.4 is 0 Å². The molecule has 0 aromatic heterocycles. The van der Waals surface area contributed by atoms with Gasteiger partial charge in [0.15, 0.2) is 0 Å². The number of rotatable bonds is 4. The van der Waals surface area contributed by atoms with Crippen LogP contribution in [0.15, 0.2) is 48.1 Å². The topological polar surface area (TPSA) is 20.2 Å². The third kappa shape index (κ3) is 2.55. The smallest absolute Gasteiger partial charge is 0.130 e. The van der Waals surface area contributed by atoms with Crippen molar-refractivity contribution in [2.24, 2.45) is 11.8 Å². The average molecular weight is 209 g/mol. The Hall–Kier alpha value is -0.890. The first kappa shape index (κ1) is 11.2. The van der Waals surface area contributed by atoms with E-state index in [0.29, 0.717) is 0 Å². The summed E-state index contributed by atoms with van der Waals surface area (Å²) in [6, 6.07) is 0. The third-order valence-corrected chi connectivity index (χ3v) is 3.29. The van der Waals surface area contributed by atoms with Crippen molar-refractivity contribution >= 4 is 11.8 Å². The van der Waals surface area contributed by atoms with Gasteiger partial charge >= 0.3 is 0 Å². The molecule has 1 aliphatic carbocycles. The van der Waals surface area contributed by atoms with Crippen LogP contribution in [-0.2, 0) is 11.8 Å². The fourth-order valence-electron chi connectivity index (χ4n) is 1.55.